The van der Waals surface area contributed by atoms with Crippen LogP contribution in [0.25, 0.3) is 5.69 Å². The zero-order valence-electron chi connectivity index (χ0n) is 18.5. The summed E-state index contributed by atoms with van der Waals surface area (Å²) < 4.78 is 34.7. The van der Waals surface area contributed by atoms with E-state index in [2.05, 4.69) is 15.7 Å². The van der Waals surface area contributed by atoms with Crippen molar-refractivity contribution in [1.29, 1.82) is 0 Å². The van der Waals surface area contributed by atoms with E-state index >= 15 is 0 Å². The Labute approximate surface area is 193 Å². The summed E-state index contributed by atoms with van der Waals surface area (Å²) in [5, 5.41) is 10.1. The Kier molecular flexibility index (Phi) is 6.77. The van der Waals surface area contributed by atoms with Gasteiger partial charge in [-0.1, -0.05) is 18.2 Å². The van der Waals surface area contributed by atoms with Crippen LogP contribution in [-0.4, -0.2) is 60.3 Å². The quantitative estimate of drug-likeness (QED) is 0.551. The van der Waals surface area contributed by atoms with Gasteiger partial charge in [0.2, 0.25) is 15.9 Å². The summed E-state index contributed by atoms with van der Waals surface area (Å²) in [6.07, 6.45) is 1.49. The van der Waals surface area contributed by atoms with E-state index in [0.29, 0.717) is 24.6 Å². The summed E-state index contributed by atoms with van der Waals surface area (Å²) >= 11 is 0. The number of nitrogens with zero attached hydrogens (tertiary/aromatic N) is 3. The molecule has 3 aromatic rings. The molecule has 2 aromatic carbocycles. The molecule has 0 spiro atoms. The van der Waals surface area contributed by atoms with Crippen LogP contribution >= 0.6 is 0 Å². The molecule has 1 saturated heterocycles. The molecule has 0 aliphatic carbocycles. The molecule has 9 nitrogen and oxygen atoms in total. The van der Waals surface area contributed by atoms with Gasteiger partial charge in [0.05, 0.1) is 29.3 Å². The minimum absolute atomic E-state index is 0.0232. The first kappa shape index (κ1) is 23.0. The number of carbonyl (C=O) groups is 1. The van der Waals surface area contributed by atoms with Crippen LogP contribution in [0.1, 0.15) is 13.8 Å². The minimum atomic E-state index is -3.62. The van der Waals surface area contributed by atoms with E-state index in [1.165, 1.54) is 16.4 Å². The fourth-order valence-corrected chi connectivity index (χ4v) is 5.30. The number of hydrogen-bond donors (Lipinski definition) is 2. The van der Waals surface area contributed by atoms with Gasteiger partial charge in [-0.05, 0) is 50.2 Å². The average molecular weight is 470 g/mol. The summed E-state index contributed by atoms with van der Waals surface area (Å²) in [6.45, 7) is 4.37. The zero-order valence-corrected chi connectivity index (χ0v) is 19.3. The molecule has 1 fully saturated rings. The Morgan fingerprint density at radius 1 is 1.03 bits per heavy atom. The standard InChI is InChI=1S/C23H27N5O4S/c1-17-15-27(16-18(2)32-17)33(30,31)21-10-8-19(9-11-21)25-23(29)14-24-22-12-13-28(26-22)20-6-4-3-5-7-20/h3-13,17-18H,14-16H2,1-2H3,(H,24,26)(H,25,29). The molecule has 33 heavy (non-hydrogen) atoms. The number of rotatable bonds is 7. The van der Waals surface area contributed by atoms with E-state index in [-0.39, 0.29) is 29.6 Å². The highest BCUT2D eigenvalue weighted by Crippen LogP contribution is 2.22. The summed E-state index contributed by atoms with van der Waals surface area (Å²) in [4.78, 5) is 12.5. The number of ether oxygens (including phenoxy) is 1. The van der Waals surface area contributed by atoms with Gasteiger partial charge in [-0.3, -0.25) is 4.79 Å². The summed E-state index contributed by atoms with van der Waals surface area (Å²) in [7, 11) is -3.62. The SMILES string of the molecule is CC1CN(S(=O)(=O)c2ccc(NC(=O)CNc3ccn(-c4ccccc4)n3)cc2)CC(C)O1. The number of sulfonamides is 1. The van der Waals surface area contributed by atoms with Crippen LogP contribution in [0.5, 0.6) is 0 Å². The third-order valence-electron chi connectivity index (χ3n) is 5.20. The fourth-order valence-electron chi connectivity index (χ4n) is 3.71. The number of nitrogens with one attached hydrogen (secondary N) is 2. The normalized spacial score (nSPS) is 19.2. The molecule has 4 rings (SSSR count). The molecule has 2 N–H and O–H groups in total. The van der Waals surface area contributed by atoms with Gasteiger partial charge in [-0.2, -0.15) is 9.40 Å². The van der Waals surface area contributed by atoms with Crippen molar-refractivity contribution >= 4 is 27.4 Å². The van der Waals surface area contributed by atoms with Gasteiger partial charge in [0, 0.05) is 31.0 Å². The third-order valence-corrected chi connectivity index (χ3v) is 7.05. The molecule has 1 aliphatic rings. The molecule has 2 atom stereocenters. The van der Waals surface area contributed by atoms with Crippen molar-refractivity contribution in [3.05, 3.63) is 66.9 Å². The lowest BCUT2D eigenvalue weighted by Crippen LogP contribution is -2.48. The predicted molar refractivity (Wildman–Crippen MR) is 126 cm³/mol. The molecule has 0 saturated carbocycles. The van der Waals surface area contributed by atoms with E-state index in [1.807, 2.05) is 50.4 Å². The summed E-state index contributed by atoms with van der Waals surface area (Å²) in [5.74, 6) is 0.306. The van der Waals surface area contributed by atoms with Crippen LogP contribution in [0, 0.1) is 0 Å². The maximum atomic E-state index is 12.9. The Bertz CT molecular complexity index is 1190. The molecule has 0 radical (unpaired) electrons. The smallest absolute Gasteiger partial charge is 0.243 e. The highest BCUT2D eigenvalue weighted by atomic mass is 32.2. The van der Waals surface area contributed by atoms with Crippen molar-refractivity contribution in [2.45, 2.75) is 31.0 Å². The van der Waals surface area contributed by atoms with E-state index in [4.69, 9.17) is 4.74 Å². The van der Waals surface area contributed by atoms with Gasteiger partial charge >= 0.3 is 0 Å². The number of benzene rings is 2. The van der Waals surface area contributed by atoms with Crippen molar-refractivity contribution in [2.24, 2.45) is 0 Å². The maximum Gasteiger partial charge on any atom is 0.243 e. The largest absolute Gasteiger partial charge is 0.373 e. The predicted octanol–water partition coefficient (Wildman–Crippen LogP) is 2.72. The molecular formula is C23H27N5O4S. The molecule has 0 bridgehead atoms. The Morgan fingerprint density at radius 2 is 1.70 bits per heavy atom. The van der Waals surface area contributed by atoms with Crippen molar-refractivity contribution < 1.29 is 17.9 Å². The van der Waals surface area contributed by atoms with Crippen LogP contribution in [0.3, 0.4) is 0 Å². The van der Waals surface area contributed by atoms with Crippen LogP contribution in [0.15, 0.2) is 71.8 Å². The van der Waals surface area contributed by atoms with Crippen molar-refractivity contribution in [2.75, 3.05) is 30.3 Å². The molecule has 174 valence electrons. The Hall–Kier alpha value is -3.21. The average Bonchev–Trinajstić information content (AvgIpc) is 3.27. The van der Waals surface area contributed by atoms with Gasteiger partial charge in [0.1, 0.15) is 5.82 Å². The zero-order chi connectivity index (χ0) is 23.4. The van der Waals surface area contributed by atoms with E-state index < -0.39 is 10.0 Å². The van der Waals surface area contributed by atoms with Crippen LogP contribution in [-0.2, 0) is 19.6 Å². The topological polar surface area (TPSA) is 106 Å². The second-order valence-electron chi connectivity index (χ2n) is 7.99. The highest BCUT2D eigenvalue weighted by molar-refractivity contribution is 7.89. The van der Waals surface area contributed by atoms with E-state index in [9.17, 15) is 13.2 Å². The van der Waals surface area contributed by atoms with Crippen LogP contribution < -0.4 is 10.6 Å². The second kappa shape index (κ2) is 9.74. The second-order valence-corrected chi connectivity index (χ2v) is 9.92. The molecule has 10 heteroatoms. The van der Waals surface area contributed by atoms with Crippen molar-refractivity contribution in [3.8, 4) is 5.69 Å². The molecule has 1 aliphatic heterocycles. The third kappa shape index (κ3) is 5.59. The van der Waals surface area contributed by atoms with Gasteiger partial charge < -0.3 is 15.4 Å². The molecular weight excluding hydrogens is 442 g/mol. The van der Waals surface area contributed by atoms with Gasteiger partial charge in [-0.15, -0.1) is 0 Å². The van der Waals surface area contributed by atoms with E-state index in [0.717, 1.165) is 5.69 Å². The Balaban J connectivity index is 1.32. The lowest BCUT2D eigenvalue weighted by molar-refractivity contribution is -0.114. The number of aromatic nitrogens is 2. The number of morpholine rings is 1. The first-order chi connectivity index (χ1) is 15.8. The monoisotopic (exact) mass is 469 g/mol. The molecule has 1 aromatic heterocycles. The van der Waals surface area contributed by atoms with Crippen molar-refractivity contribution in [1.82, 2.24) is 14.1 Å². The van der Waals surface area contributed by atoms with Crippen LogP contribution in [0.4, 0.5) is 11.5 Å². The first-order valence-corrected chi connectivity index (χ1v) is 12.2. The molecule has 1 amide bonds. The first-order valence-electron chi connectivity index (χ1n) is 10.7. The van der Waals surface area contributed by atoms with Gasteiger partial charge in [-0.25, -0.2) is 13.1 Å². The highest BCUT2D eigenvalue weighted by Gasteiger charge is 2.32. The summed E-state index contributed by atoms with van der Waals surface area (Å²) in [5.41, 5.74) is 1.44. The summed E-state index contributed by atoms with van der Waals surface area (Å²) in [6, 6.07) is 17.6. The molecule has 2 unspecified atom stereocenters. The molecule has 2 heterocycles. The van der Waals surface area contributed by atoms with Gasteiger partial charge in [0.15, 0.2) is 0 Å². The number of para-hydroxylation sites is 1. The number of hydrogen-bond acceptors (Lipinski definition) is 6. The van der Waals surface area contributed by atoms with Crippen molar-refractivity contribution in [3.63, 3.8) is 0 Å². The number of anilines is 2. The van der Waals surface area contributed by atoms with Crippen LogP contribution in [0.2, 0.25) is 0 Å². The number of amides is 1. The minimum Gasteiger partial charge on any atom is -0.373 e. The Morgan fingerprint density at radius 3 is 2.36 bits per heavy atom. The lowest BCUT2D eigenvalue weighted by atomic mass is 10.3. The van der Waals surface area contributed by atoms with Gasteiger partial charge in [0.25, 0.3) is 0 Å². The fraction of sp³-hybridized carbons (Fsp3) is 0.304. The number of carbonyl (C=O) groups excluding carboxylic acids is 1. The van der Waals surface area contributed by atoms with E-state index in [1.54, 1.807) is 22.9 Å². The maximum absolute atomic E-state index is 12.9. The lowest BCUT2D eigenvalue weighted by Gasteiger charge is -2.34.